The van der Waals surface area contributed by atoms with Crippen molar-refractivity contribution in [3.05, 3.63) is 5.69 Å². The van der Waals surface area contributed by atoms with Gasteiger partial charge in [0.15, 0.2) is 5.82 Å². The highest BCUT2D eigenvalue weighted by atomic mass is 35.7. The van der Waals surface area contributed by atoms with Crippen LogP contribution in [-0.2, 0) is 22.0 Å². The lowest BCUT2D eigenvalue weighted by molar-refractivity contribution is 0.570. The van der Waals surface area contributed by atoms with Gasteiger partial charge in [0.05, 0.1) is 5.69 Å². The molecule has 0 saturated carbocycles. The van der Waals surface area contributed by atoms with E-state index in [9.17, 15) is 8.42 Å². The maximum Gasteiger partial charge on any atom is 0.296 e. The highest BCUT2D eigenvalue weighted by Crippen LogP contribution is 2.28. The summed E-state index contributed by atoms with van der Waals surface area (Å²) in [6, 6.07) is 0. The third kappa shape index (κ3) is 2.99. The Morgan fingerprint density at radius 3 is 2.55 bits per heavy atom. The fraction of sp³-hybridized carbons (Fsp3) is 0.600. The Hall–Kier alpha value is -1.06. The molecule has 2 aromatic rings. The van der Waals surface area contributed by atoms with Crippen molar-refractivity contribution >= 4 is 31.3 Å². The number of hydrogen-bond donors (Lipinski definition) is 0. The van der Waals surface area contributed by atoms with Crippen molar-refractivity contribution in [2.24, 2.45) is 0 Å². The van der Waals surface area contributed by atoms with Crippen LogP contribution in [0.3, 0.4) is 0 Å². The number of halogens is 1. The van der Waals surface area contributed by atoms with Gasteiger partial charge in [0, 0.05) is 17.2 Å². The van der Waals surface area contributed by atoms with E-state index in [1.54, 1.807) is 0 Å². The number of aromatic nitrogens is 5. The summed E-state index contributed by atoms with van der Waals surface area (Å²) in [6.45, 7) is 4.44. The molecule has 0 fully saturated rings. The Balaban J connectivity index is 2.57. The zero-order valence-corrected chi connectivity index (χ0v) is 13.5. The second-order valence-corrected chi connectivity index (χ2v) is 7.41. The van der Waals surface area contributed by atoms with E-state index in [0.717, 1.165) is 29.8 Å². The van der Waals surface area contributed by atoms with Crippen molar-refractivity contribution in [3.8, 4) is 10.7 Å². The summed E-state index contributed by atoms with van der Waals surface area (Å²) in [4.78, 5) is 0.749. The predicted molar refractivity (Wildman–Crippen MR) is 76.2 cm³/mol. The number of rotatable bonds is 6. The Kier molecular flexibility index (Phi) is 4.71. The Labute approximate surface area is 125 Å². The minimum absolute atomic E-state index is 0.230. The lowest BCUT2D eigenvalue weighted by Crippen LogP contribution is -2.07. The molecule has 2 rings (SSSR count). The normalized spacial score (nSPS) is 11.9. The molecule has 2 heterocycles. The molecule has 0 radical (unpaired) electrons. The third-order valence-corrected chi connectivity index (χ3v) is 4.54. The predicted octanol–water partition coefficient (Wildman–Crippen LogP) is 2.09. The van der Waals surface area contributed by atoms with Crippen LogP contribution in [0.4, 0.5) is 0 Å². The van der Waals surface area contributed by atoms with Crippen LogP contribution in [0, 0.1) is 0 Å². The maximum absolute atomic E-state index is 11.5. The van der Waals surface area contributed by atoms with Crippen LogP contribution in [0.25, 0.3) is 10.7 Å². The van der Waals surface area contributed by atoms with Crippen LogP contribution >= 0.6 is 22.2 Å². The first kappa shape index (κ1) is 15.3. The average Bonchev–Trinajstić information content (AvgIpc) is 2.95. The first-order chi connectivity index (χ1) is 9.49. The van der Waals surface area contributed by atoms with E-state index in [4.69, 9.17) is 10.7 Å². The SMILES string of the molecule is CCCc1nnsc1-c1nnc(S(=O)(=O)Cl)n1CCC. The number of aryl methyl sites for hydroxylation is 1. The van der Waals surface area contributed by atoms with Gasteiger partial charge in [-0.2, -0.15) is 0 Å². The van der Waals surface area contributed by atoms with E-state index in [-0.39, 0.29) is 5.16 Å². The summed E-state index contributed by atoms with van der Waals surface area (Å²) in [5.74, 6) is 0.463. The zero-order chi connectivity index (χ0) is 14.8. The van der Waals surface area contributed by atoms with E-state index in [0.29, 0.717) is 12.4 Å². The molecule has 20 heavy (non-hydrogen) atoms. The molecule has 0 aromatic carbocycles. The van der Waals surface area contributed by atoms with E-state index >= 15 is 0 Å². The molecule has 0 N–H and O–H groups in total. The van der Waals surface area contributed by atoms with Crippen LogP contribution in [0.15, 0.2) is 5.16 Å². The Morgan fingerprint density at radius 2 is 1.95 bits per heavy atom. The lowest BCUT2D eigenvalue weighted by Gasteiger charge is -2.06. The summed E-state index contributed by atoms with van der Waals surface area (Å²) in [5, 5.41) is 11.5. The Bertz CT molecular complexity index is 694. The third-order valence-electron chi connectivity index (χ3n) is 2.63. The Morgan fingerprint density at radius 1 is 1.20 bits per heavy atom. The summed E-state index contributed by atoms with van der Waals surface area (Å²) in [6.07, 6.45) is 2.41. The van der Waals surface area contributed by atoms with E-state index in [2.05, 4.69) is 19.8 Å². The van der Waals surface area contributed by atoms with Crippen LogP contribution in [0.5, 0.6) is 0 Å². The topological polar surface area (TPSA) is 90.6 Å². The van der Waals surface area contributed by atoms with Gasteiger partial charge in [-0.15, -0.1) is 15.3 Å². The van der Waals surface area contributed by atoms with Gasteiger partial charge in [-0.3, -0.25) is 4.57 Å². The summed E-state index contributed by atoms with van der Waals surface area (Å²) < 4.78 is 28.5. The summed E-state index contributed by atoms with van der Waals surface area (Å²) in [5.41, 5.74) is 0.806. The molecule has 7 nitrogen and oxygen atoms in total. The number of nitrogens with zero attached hydrogens (tertiary/aromatic N) is 5. The molecular weight excluding hydrogens is 322 g/mol. The van der Waals surface area contributed by atoms with Crippen LogP contribution in [-0.4, -0.2) is 32.8 Å². The van der Waals surface area contributed by atoms with Gasteiger partial charge in [-0.25, -0.2) is 8.42 Å². The highest BCUT2D eigenvalue weighted by Gasteiger charge is 2.25. The molecule has 0 spiro atoms. The minimum atomic E-state index is -3.93. The fourth-order valence-electron chi connectivity index (χ4n) is 1.84. The molecule has 2 aromatic heterocycles. The van der Waals surface area contributed by atoms with E-state index in [1.807, 2.05) is 13.8 Å². The molecule has 10 heteroatoms. The molecule has 0 aliphatic heterocycles. The zero-order valence-electron chi connectivity index (χ0n) is 11.1. The molecule has 0 atom stereocenters. The van der Waals surface area contributed by atoms with Gasteiger partial charge in [0.25, 0.3) is 14.2 Å². The molecule has 0 amide bonds. The van der Waals surface area contributed by atoms with Crippen LogP contribution in [0.2, 0.25) is 0 Å². The largest absolute Gasteiger partial charge is 0.296 e. The quantitative estimate of drug-likeness (QED) is 0.751. The molecule has 0 unspecified atom stereocenters. The lowest BCUT2D eigenvalue weighted by atomic mass is 10.2. The second-order valence-electron chi connectivity index (χ2n) is 4.19. The van der Waals surface area contributed by atoms with Gasteiger partial charge >= 0.3 is 0 Å². The molecule has 0 aliphatic carbocycles. The maximum atomic E-state index is 11.5. The van der Waals surface area contributed by atoms with Gasteiger partial charge < -0.3 is 0 Å². The van der Waals surface area contributed by atoms with Crippen molar-refractivity contribution in [3.63, 3.8) is 0 Å². The van der Waals surface area contributed by atoms with Gasteiger partial charge in [0.2, 0.25) is 0 Å². The van der Waals surface area contributed by atoms with Crippen molar-refractivity contribution in [1.29, 1.82) is 0 Å². The second kappa shape index (κ2) is 6.15. The van der Waals surface area contributed by atoms with E-state index < -0.39 is 9.05 Å². The molecule has 0 bridgehead atoms. The van der Waals surface area contributed by atoms with Crippen molar-refractivity contribution in [2.75, 3.05) is 0 Å². The van der Waals surface area contributed by atoms with Crippen molar-refractivity contribution in [1.82, 2.24) is 24.4 Å². The van der Waals surface area contributed by atoms with Crippen molar-refractivity contribution in [2.45, 2.75) is 44.8 Å². The van der Waals surface area contributed by atoms with Crippen molar-refractivity contribution < 1.29 is 8.42 Å². The van der Waals surface area contributed by atoms with Crippen LogP contribution in [0.1, 0.15) is 32.4 Å². The molecule has 0 saturated heterocycles. The number of hydrogen-bond acceptors (Lipinski definition) is 7. The van der Waals surface area contributed by atoms with E-state index in [1.165, 1.54) is 16.1 Å². The molecule has 0 aliphatic rings. The molecule has 110 valence electrons. The summed E-state index contributed by atoms with van der Waals surface area (Å²) >= 11 is 1.18. The fourth-order valence-corrected chi connectivity index (χ4v) is 3.46. The first-order valence-electron chi connectivity index (χ1n) is 6.18. The molecular formula is C10H14ClN5O2S2. The standard InChI is InChI=1S/C10H14ClN5O2S2/c1-3-5-7-8(19-15-12-7)9-13-14-10(20(11,17)18)16(9)6-4-2/h3-6H2,1-2H3. The van der Waals surface area contributed by atoms with Gasteiger partial charge in [-0.05, 0) is 24.4 Å². The van der Waals surface area contributed by atoms with Crippen LogP contribution < -0.4 is 0 Å². The summed E-state index contributed by atoms with van der Waals surface area (Å²) in [7, 11) is 1.47. The highest BCUT2D eigenvalue weighted by molar-refractivity contribution is 8.13. The van der Waals surface area contributed by atoms with Gasteiger partial charge in [0.1, 0.15) is 4.88 Å². The monoisotopic (exact) mass is 335 g/mol. The minimum Gasteiger partial charge on any atom is -0.296 e. The van der Waals surface area contributed by atoms with Gasteiger partial charge in [-0.1, -0.05) is 24.8 Å². The average molecular weight is 336 g/mol. The smallest absolute Gasteiger partial charge is 0.296 e. The first-order valence-corrected chi connectivity index (χ1v) is 9.26.